The molecule has 0 N–H and O–H groups in total. The number of carbonyl (C=O) groups excluding carboxylic acids is 1. The Balaban J connectivity index is 2.51. The van der Waals surface area contributed by atoms with Crippen LogP contribution in [0, 0.1) is 0 Å². The number of carbonyl (C=O) groups is 1. The van der Waals surface area contributed by atoms with E-state index in [1.165, 1.54) is 7.11 Å². The molecule has 0 saturated carbocycles. The quantitative estimate of drug-likeness (QED) is 0.600. The molecular formula is C11H13ClO2S. The smallest absolute Gasteiger partial charge is 0.306 e. The van der Waals surface area contributed by atoms with Crippen LogP contribution in [0.5, 0.6) is 0 Å². The third-order valence-corrected chi connectivity index (χ3v) is 3.15. The Morgan fingerprint density at radius 2 is 2.33 bits per heavy atom. The highest BCUT2D eigenvalue weighted by atomic mass is 35.5. The summed E-state index contributed by atoms with van der Waals surface area (Å²) in [5, 5.41) is 0.904. The minimum absolute atomic E-state index is 0.183. The summed E-state index contributed by atoms with van der Waals surface area (Å²) in [6.45, 7) is 1.99. The van der Waals surface area contributed by atoms with Crippen LogP contribution in [0.1, 0.15) is 13.3 Å². The van der Waals surface area contributed by atoms with Crippen LogP contribution < -0.4 is 0 Å². The lowest BCUT2D eigenvalue weighted by Crippen LogP contribution is -2.08. The van der Waals surface area contributed by atoms with E-state index in [4.69, 9.17) is 11.6 Å². The van der Waals surface area contributed by atoms with Gasteiger partial charge in [-0.15, -0.1) is 11.8 Å². The number of hydrogen-bond donors (Lipinski definition) is 0. The maximum Gasteiger partial charge on any atom is 0.306 e. The van der Waals surface area contributed by atoms with Crippen LogP contribution in [0.4, 0.5) is 0 Å². The second-order valence-corrected chi connectivity index (χ2v) is 5.11. The average Bonchev–Trinajstić information content (AvgIpc) is 2.17. The molecule has 82 valence electrons. The van der Waals surface area contributed by atoms with E-state index in [0.29, 0.717) is 11.4 Å². The minimum Gasteiger partial charge on any atom is -0.469 e. The van der Waals surface area contributed by atoms with Crippen LogP contribution in [-0.4, -0.2) is 18.3 Å². The predicted octanol–water partition coefficient (Wildman–Crippen LogP) is 3.38. The van der Waals surface area contributed by atoms with Crippen molar-refractivity contribution < 1.29 is 9.53 Å². The van der Waals surface area contributed by atoms with Crippen LogP contribution in [-0.2, 0) is 9.53 Å². The topological polar surface area (TPSA) is 26.3 Å². The Kier molecular flexibility index (Phi) is 4.99. The van der Waals surface area contributed by atoms with Gasteiger partial charge in [0.05, 0.1) is 13.5 Å². The van der Waals surface area contributed by atoms with Gasteiger partial charge in [0, 0.05) is 15.2 Å². The summed E-state index contributed by atoms with van der Waals surface area (Å²) in [5.74, 6) is -0.183. The van der Waals surface area contributed by atoms with Gasteiger partial charge in [-0.1, -0.05) is 24.6 Å². The Morgan fingerprint density at radius 3 is 2.93 bits per heavy atom. The van der Waals surface area contributed by atoms with E-state index in [9.17, 15) is 4.79 Å². The molecule has 0 amide bonds. The van der Waals surface area contributed by atoms with Gasteiger partial charge in [-0.2, -0.15) is 0 Å². The fraction of sp³-hybridized carbons (Fsp3) is 0.364. The highest BCUT2D eigenvalue weighted by Gasteiger charge is 2.10. The van der Waals surface area contributed by atoms with Crippen molar-refractivity contribution in [1.29, 1.82) is 0 Å². The molecule has 1 unspecified atom stereocenters. The molecule has 1 rings (SSSR count). The lowest BCUT2D eigenvalue weighted by Gasteiger charge is -2.09. The molecule has 0 aromatic heterocycles. The SMILES string of the molecule is COC(=O)CC(C)Sc1cccc(Cl)c1. The normalized spacial score (nSPS) is 12.2. The zero-order valence-corrected chi connectivity index (χ0v) is 10.3. The largest absolute Gasteiger partial charge is 0.469 e. The first-order chi connectivity index (χ1) is 7.11. The first-order valence-electron chi connectivity index (χ1n) is 4.61. The fourth-order valence-corrected chi connectivity index (χ4v) is 2.42. The maximum absolute atomic E-state index is 11.0. The molecule has 1 aromatic carbocycles. The third kappa shape index (κ3) is 4.58. The number of benzene rings is 1. The lowest BCUT2D eigenvalue weighted by molar-refractivity contribution is -0.140. The summed E-state index contributed by atoms with van der Waals surface area (Å²) >= 11 is 7.47. The Hall–Kier alpha value is -0.670. The molecule has 0 aliphatic carbocycles. The molecule has 0 bridgehead atoms. The molecule has 1 aromatic rings. The van der Waals surface area contributed by atoms with Gasteiger partial charge in [0.2, 0.25) is 0 Å². The molecule has 0 spiro atoms. The van der Waals surface area contributed by atoms with Crippen LogP contribution in [0.3, 0.4) is 0 Å². The molecule has 4 heteroatoms. The Labute approximate surface area is 99.0 Å². The van der Waals surface area contributed by atoms with Crippen molar-refractivity contribution >= 4 is 29.3 Å². The van der Waals surface area contributed by atoms with E-state index in [-0.39, 0.29) is 11.2 Å². The zero-order valence-electron chi connectivity index (χ0n) is 8.70. The number of hydrogen-bond acceptors (Lipinski definition) is 3. The van der Waals surface area contributed by atoms with Gasteiger partial charge in [0.25, 0.3) is 0 Å². The third-order valence-electron chi connectivity index (χ3n) is 1.82. The van der Waals surface area contributed by atoms with Crippen molar-refractivity contribution in [3.8, 4) is 0 Å². The Morgan fingerprint density at radius 1 is 1.60 bits per heavy atom. The second kappa shape index (κ2) is 6.03. The van der Waals surface area contributed by atoms with Gasteiger partial charge in [-0.3, -0.25) is 4.79 Å². The van der Waals surface area contributed by atoms with E-state index in [0.717, 1.165) is 4.90 Å². The molecule has 0 aliphatic heterocycles. The average molecular weight is 245 g/mol. The summed E-state index contributed by atoms with van der Waals surface area (Å²) < 4.78 is 4.60. The number of ether oxygens (including phenoxy) is 1. The monoisotopic (exact) mass is 244 g/mol. The molecular weight excluding hydrogens is 232 g/mol. The predicted molar refractivity (Wildman–Crippen MR) is 63.4 cm³/mol. The summed E-state index contributed by atoms with van der Waals surface area (Å²) in [6, 6.07) is 7.59. The molecule has 0 fully saturated rings. The minimum atomic E-state index is -0.183. The van der Waals surface area contributed by atoms with E-state index in [1.54, 1.807) is 11.8 Å². The highest BCUT2D eigenvalue weighted by molar-refractivity contribution is 8.00. The molecule has 0 saturated heterocycles. The van der Waals surface area contributed by atoms with Crippen LogP contribution in [0.15, 0.2) is 29.2 Å². The number of halogens is 1. The van der Waals surface area contributed by atoms with Crippen molar-refractivity contribution in [1.82, 2.24) is 0 Å². The van der Waals surface area contributed by atoms with E-state index < -0.39 is 0 Å². The summed E-state index contributed by atoms with van der Waals surface area (Å²) in [7, 11) is 1.40. The van der Waals surface area contributed by atoms with Crippen molar-refractivity contribution in [3.63, 3.8) is 0 Å². The maximum atomic E-state index is 11.0. The van der Waals surface area contributed by atoms with E-state index in [1.807, 2.05) is 31.2 Å². The standard InChI is InChI=1S/C11H13ClO2S/c1-8(6-11(13)14-2)15-10-5-3-4-9(12)7-10/h3-5,7-8H,6H2,1-2H3. The van der Waals surface area contributed by atoms with Gasteiger partial charge in [0.15, 0.2) is 0 Å². The molecule has 0 radical (unpaired) electrons. The lowest BCUT2D eigenvalue weighted by atomic mass is 10.3. The van der Waals surface area contributed by atoms with Gasteiger partial charge in [-0.05, 0) is 18.2 Å². The summed E-state index contributed by atoms with van der Waals surface area (Å²) in [5.41, 5.74) is 0. The number of rotatable bonds is 4. The molecule has 0 heterocycles. The Bertz CT molecular complexity index is 341. The van der Waals surface area contributed by atoms with Crippen LogP contribution >= 0.6 is 23.4 Å². The first kappa shape index (κ1) is 12.4. The van der Waals surface area contributed by atoms with Crippen LogP contribution in [0.2, 0.25) is 5.02 Å². The van der Waals surface area contributed by atoms with E-state index in [2.05, 4.69) is 4.74 Å². The van der Waals surface area contributed by atoms with Gasteiger partial charge in [0.1, 0.15) is 0 Å². The van der Waals surface area contributed by atoms with Crippen molar-refractivity contribution in [2.24, 2.45) is 0 Å². The summed E-state index contributed by atoms with van der Waals surface area (Å²) in [6.07, 6.45) is 0.410. The fourth-order valence-electron chi connectivity index (χ4n) is 1.13. The van der Waals surface area contributed by atoms with Gasteiger partial charge >= 0.3 is 5.97 Å². The van der Waals surface area contributed by atoms with Crippen molar-refractivity contribution in [3.05, 3.63) is 29.3 Å². The first-order valence-corrected chi connectivity index (χ1v) is 5.86. The second-order valence-electron chi connectivity index (χ2n) is 3.17. The highest BCUT2D eigenvalue weighted by Crippen LogP contribution is 2.27. The van der Waals surface area contributed by atoms with Gasteiger partial charge in [-0.25, -0.2) is 0 Å². The summed E-state index contributed by atoms with van der Waals surface area (Å²) in [4.78, 5) is 12.1. The molecule has 2 nitrogen and oxygen atoms in total. The van der Waals surface area contributed by atoms with Crippen molar-refractivity contribution in [2.75, 3.05) is 7.11 Å². The molecule has 0 aliphatic rings. The van der Waals surface area contributed by atoms with Gasteiger partial charge < -0.3 is 4.74 Å². The molecule has 15 heavy (non-hydrogen) atoms. The van der Waals surface area contributed by atoms with Crippen molar-refractivity contribution in [2.45, 2.75) is 23.5 Å². The van der Waals surface area contributed by atoms with Crippen LogP contribution in [0.25, 0.3) is 0 Å². The number of methoxy groups -OCH3 is 1. The number of esters is 1. The zero-order chi connectivity index (χ0) is 11.3. The number of thioether (sulfide) groups is 1. The molecule has 1 atom stereocenters. The van der Waals surface area contributed by atoms with E-state index >= 15 is 0 Å².